The Kier molecular flexibility index (Phi) is 4.25. The third-order valence-electron chi connectivity index (χ3n) is 2.16. The number of primary amides is 1. The maximum Gasteiger partial charge on any atom is 0.323 e. The van der Waals surface area contributed by atoms with Crippen molar-refractivity contribution in [2.45, 2.75) is 0 Å². The van der Waals surface area contributed by atoms with Crippen LogP contribution in [0.15, 0.2) is 24.3 Å². The predicted molar refractivity (Wildman–Crippen MR) is 62.4 cm³/mol. The van der Waals surface area contributed by atoms with E-state index >= 15 is 0 Å². The summed E-state index contributed by atoms with van der Waals surface area (Å²) in [7, 11) is 0. The van der Waals surface area contributed by atoms with Gasteiger partial charge in [0.1, 0.15) is 13.1 Å². The summed E-state index contributed by atoms with van der Waals surface area (Å²) < 4.78 is 0. The highest BCUT2D eigenvalue weighted by atomic mass is 16.4. The van der Waals surface area contributed by atoms with Gasteiger partial charge in [-0.15, -0.1) is 0 Å². The van der Waals surface area contributed by atoms with E-state index in [1.54, 1.807) is 12.1 Å². The molecule has 0 unspecified atom stereocenters. The number of anilines is 1. The Hall–Kier alpha value is -2.57. The number of aliphatic carboxylic acids is 2. The van der Waals surface area contributed by atoms with Gasteiger partial charge in [0.05, 0.1) is 11.3 Å². The van der Waals surface area contributed by atoms with Crippen molar-refractivity contribution < 1.29 is 24.6 Å². The first-order valence-corrected chi connectivity index (χ1v) is 4.99. The number of nitrogens with two attached hydrogens (primary N) is 1. The van der Waals surface area contributed by atoms with Gasteiger partial charge in [-0.05, 0) is 12.1 Å². The van der Waals surface area contributed by atoms with Crippen LogP contribution < -0.4 is 10.6 Å². The van der Waals surface area contributed by atoms with Crippen LogP contribution in [0.2, 0.25) is 0 Å². The molecule has 18 heavy (non-hydrogen) atoms. The predicted octanol–water partition coefficient (Wildman–Crippen LogP) is -0.239. The molecule has 4 N–H and O–H groups in total. The molecule has 0 aromatic heterocycles. The molecule has 0 bridgehead atoms. The lowest BCUT2D eigenvalue weighted by Gasteiger charge is -2.22. The second-order valence-electron chi connectivity index (χ2n) is 3.52. The van der Waals surface area contributed by atoms with Crippen LogP contribution >= 0.6 is 0 Å². The fourth-order valence-corrected chi connectivity index (χ4v) is 1.51. The van der Waals surface area contributed by atoms with Crippen LogP contribution in [0.25, 0.3) is 0 Å². The van der Waals surface area contributed by atoms with E-state index in [1.807, 2.05) is 0 Å². The zero-order chi connectivity index (χ0) is 13.7. The third-order valence-corrected chi connectivity index (χ3v) is 2.16. The number of para-hydroxylation sites is 1. The fraction of sp³-hybridized carbons (Fsp3) is 0.182. The zero-order valence-corrected chi connectivity index (χ0v) is 9.37. The minimum Gasteiger partial charge on any atom is -0.480 e. The minimum atomic E-state index is -1.20. The summed E-state index contributed by atoms with van der Waals surface area (Å²) >= 11 is 0. The highest BCUT2D eigenvalue weighted by Gasteiger charge is 2.18. The summed E-state index contributed by atoms with van der Waals surface area (Å²) in [6.45, 7) is -1.06. The van der Waals surface area contributed by atoms with Crippen LogP contribution in [0.3, 0.4) is 0 Å². The fourth-order valence-electron chi connectivity index (χ4n) is 1.51. The topological polar surface area (TPSA) is 121 Å². The molecular weight excluding hydrogens is 240 g/mol. The molecule has 0 aliphatic heterocycles. The molecule has 0 aliphatic rings. The number of benzene rings is 1. The van der Waals surface area contributed by atoms with Crippen molar-refractivity contribution in [3.8, 4) is 0 Å². The van der Waals surface area contributed by atoms with E-state index in [9.17, 15) is 14.4 Å². The summed E-state index contributed by atoms with van der Waals surface area (Å²) in [6.07, 6.45) is 0. The molecule has 7 heteroatoms. The molecule has 1 aromatic rings. The van der Waals surface area contributed by atoms with Crippen molar-refractivity contribution in [3.63, 3.8) is 0 Å². The molecule has 0 saturated heterocycles. The summed E-state index contributed by atoms with van der Waals surface area (Å²) in [5.74, 6) is -3.14. The smallest absolute Gasteiger partial charge is 0.323 e. The van der Waals surface area contributed by atoms with Crippen LogP contribution in [0, 0.1) is 0 Å². The average Bonchev–Trinajstić information content (AvgIpc) is 2.26. The number of hydrogen-bond donors (Lipinski definition) is 3. The van der Waals surface area contributed by atoms with Gasteiger partial charge in [0, 0.05) is 0 Å². The highest BCUT2D eigenvalue weighted by molar-refractivity contribution is 5.99. The van der Waals surface area contributed by atoms with Gasteiger partial charge in [0.25, 0.3) is 5.91 Å². The number of carbonyl (C=O) groups excluding carboxylic acids is 1. The van der Waals surface area contributed by atoms with Gasteiger partial charge in [-0.2, -0.15) is 0 Å². The number of nitrogens with zero attached hydrogens (tertiary/aromatic N) is 1. The van der Waals surface area contributed by atoms with E-state index < -0.39 is 30.9 Å². The lowest BCUT2D eigenvalue weighted by molar-refractivity contribution is -0.136. The van der Waals surface area contributed by atoms with Gasteiger partial charge in [-0.3, -0.25) is 14.4 Å². The lowest BCUT2D eigenvalue weighted by Crippen LogP contribution is -2.35. The number of hydrogen-bond acceptors (Lipinski definition) is 4. The number of carboxylic acid groups (broad SMARTS) is 2. The molecule has 1 aromatic carbocycles. The van der Waals surface area contributed by atoms with E-state index in [0.29, 0.717) is 0 Å². The Morgan fingerprint density at radius 3 is 2.00 bits per heavy atom. The van der Waals surface area contributed by atoms with E-state index in [4.69, 9.17) is 15.9 Å². The molecule has 0 heterocycles. The standard InChI is InChI=1S/C11H12N2O5/c12-11(18)7-3-1-2-4-8(7)13(5-9(14)15)6-10(16)17/h1-4H,5-6H2,(H2,12,18)(H,14,15)(H,16,17). The second kappa shape index (κ2) is 5.67. The monoisotopic (exact) mass is 252 g/mol. The molecule has 0 radical (unpaired) electrons. The molecule has 7 nitrogen and oxygen atoms in total. The van der Waals surface area contributed by atoms with E-state index in [1.165, 1.54) is 12.1 Å². The normalized spacial score (nSPS) is 9.78. The molecule has 1 amide bonds. The first kappa shape index (κ1) is 13.5. The number of carboxylic acids is 2. The van der Waals surface area contributed by atoms with Crippen LogP contribution in [0.1, 0.15) is 10.4 Å². The lowest BCUT2D eigenvalue weighted by atomic mass is 10.1. The van der Waals surface area contributed by atoms with Gasteiger partial charge in [-0.1, -0.05) is 12.1 Å². The molecule has 0 fully saturated rings. The molecule has 0 atom stereocenters. The van der Waals surface area contributed by atoms with Gasteiger partial charge < -0.3 is 20.8 Å². The average molecular weight is 252 g/mol. The van der Waals surface area contributed by atoms with Gasteiger partial charge >= 0.3 is 11.9 Å². The van der Waals surface area contributed by atoms with E-state index in [-0.39, 0.29) is 11.3 Å². The Labute approximate surface area is 102 Å². The van der Waals surface area contributed by atoms with Crippen LogP contribution in [-0.2, 0) is 9.59 Å². The highest BCUT2D eigenvalue weighted by Crippen LogP contribution is 2.19. The van der Waals surface area contributed by atoms with Crippen molar-refractivity contribution in [2.75, 3.05) is 18.0 Å². The van der Waals surface area contributed by atoms with Crippen molar-refractivity contribution in [1.82, 2.24) is 0 Å². The van der Waals surface area contributed by atoms with Gasteiger partial charge in [0.2, 0.25) is 0 Å². The quantitative estimate of drug-likeness (QED) is 0.642. The number of rotatable bonds is 6. The Balaban J connectivity index is 3.15. The van der Waals surface area contributed by atoms with E-state index in [0.717, 1.165) is 4.90 Å². The first-order chi connectivity index (χ1) is 8.41. The summed E-state index contributed by atoms with van der Waals surface area (Å²) in [5, 5.41) is 17.5. The van der Waals surface area contributed by atoms with Crippen molar-refractivity contribution in [3.05, 3.63) is 29.8 Å². The molecule has 0 spiro atoms. The van der Waals surface area contributed by atoms with Crippen LogP contribution in [0.4, 0.5) is 5.69 Å². The first-order valence-electron chi connectivity index (χ1n) is 4.99. The SMILES string of the molecule is NC(=O)c1ccccc1N(CC(=O)O)CC(=O)O. The van der Waals surface area contributed by atoms with Crippen LogP contribution in [0.5, 0.6) is 0 Å². The Morgan fingerprint density at radius 1 is 1.06 bits per heavy atom. The second-order valence-corrected chi connectivity index (χ2v) is 3.52. The Bertz CT molecular complexity index is 470. The zero-order valence-electron chi connectivity index (χ0n) is 9.37. The number of carbonyl (C=O) groups is 3. The van der Waals surface area contributed by atoms with Gasteiger partial charge in [-0.25, -0.2) is 0 Å². The molecular formula is C11H12N2O5. The van der Waals surface area contributed by atoms with E-state index in [2.05, 4.69) is 0 Å². The largest absolute Gasteiger partial charge is 0.480 e. The minimum absolute atomic E-state index is 0.0833. The summed E-state index contributed by atoms with van der Waals surface area (Å²) in [4.78, 5) is 33.6. The van der Waals surface area contributed by atoms with Crippen LogP contribution in [-0.4, -0.2) is 41.1 Å². The van der Waals surface area contributed by atoms with Crippen molar-refractivity contribution >= 4 is 23.5 Å². The van der Waals surface area contributed by atoms with Gasteiger partial charge in [0.15, 0.2) is 0 Å². The van der Waals surface area contributed by atoms with Crippen molar-refractivity contribution in [2.24, 2.45) is 5.73 Å². The maximum absolute atomic E-state index is 11.2. The summed E-state index contributed by atoms with van der Waals surface area (Å²) in [6, 6.07) is 5.99. The summed E-state index contributed by atoms with van der Waals surface area (Å²) in [5.41, 5.74) is 5.43. The molecule has 0 aliphatic carbocycles. The molecule has 96 valence electrons. The Morgan fingerprint density at radius 2 is 1.56 bits per heavy atom. The molecule has 1 rings (SSSR count). The third kappa shape index (κ3) is 3.48. The molecule has 0 saturated carbocycles. The number of amides is 1. The van der Waals surface area contributed by atoms with Crippen molar-refractivity contribution in [1.29, 1.82) is 0 Å². The maximum atomic E-state index is 11.2.